The standard InChI is InChI=1S/C11H15ClO2/c1-8-4-5-9(7-10(8)12)11(14)3-2-6-13/h4-5,7,11,13-14H,2-3,6H2,1H3. The van der Waals surface area contributed by atoms with Crippen molar-refractivity contribution in [3.8, 4) is 0 Å². The molecule has 0 amide bonds. The van der Waals surface area contributed by atoms with Crippen LogP contribution in [-0.4, -0.2) is 16.8 Å². The van der Waals surface area contributed by atoms with Gasteiger partial charge in [0.05, 0.1) is 6.10 Å². The van der Waals surface area contributed by atoms with Gasteiger partial charge in [0, 0.05) is 11.6 Å². The van der Waals surface area contributed by atoms with Gasteiger partial charge in [0.2, 0.25) is 0 Å². The molecule has 0 aliphatic heterocycles. The van der Waals surface area contributed by atoms with Crippen LogP contribution < -0.4 is 0 Å². The first-order valence-electron chi connectivity index (χ1n) is 4.70. The predicted octanol–water partition coefficient (Wildman–Crippen LogP) is 2.45. The van der Waals surface area contributed by atoms with Gasteiger partial charge in [0.15, 0.2) is 0 Å². The fraction of sp³-hybridized carbons (Fsp3) is 0.455. The predicted molar refractivity (Wildman–Crippen MR) is 57.5 cm³/mol. The number of hydrogen-bond acceptors (Lipinski definition) is 2. The highest BCUT2D eigenvalue weighted by atomic mass is 35.5. The van der Waals surface area contributed by atoms with E-state index in [1.54, 1.807) is 6.07 Å². The summed E-state index contributed by atoms with van der Waals surface area (Å²) >= 11 is 5.93. The van der Waals surface area contributed by atoms with E-state index in [1.807, 2.05) is 19.1 Å². The van der Waals surface area contributed by atoms with Crippen molar-refractivity contribution in [1.29, 1.82) is 0 Å². The van der Waals surface area contributed by atoms with E-state index in [2.05, 4.69) is 0 Å². The van der Waals surface area contributed by atoms with Crippen molar-refractivity contribution >= 4 is 11.6 Å². The number of rotatable bonds is 4. The molecule has 0 radical (unpaired) electrons. The Balaban J connectivity index is 2.70. The summed E-state index contributed by atoms with van der Waals surface area (Å²) in [6.07, 6.45) is 0.642. The van der Waals surface area contributed by atoms with Gasteiger partial charge in [-0.25, -0.2) is 0 Å². The third-order valence-corrected chi connectivity index (χ3v) is 2.62. The number of hydrogen-bond donors (Lipinski definition) is 2. The molecule has 0 saturated heterocycles. The van der Waals surface area contributed by atoms with E-state index < -0.39 is 6.10 Å². The summed E-state index contributed by atoms with van der Waals surface area (Å²) in [5.74, 6) is 0. The van der Waals surface area contributed by atoms with Crippen LogP contribution in [0.3, 0.4) is 0 Å². The van der Waals surface area contributed by atoms with Gasteiger partial charge in [0.1, 0.15) is 0 Å². The number of aliphatic hydroxyl groups is 2. The van der Waals surface area contributed by atoms with Crippen LogP contribution in [0, 0.1) is 6.92 Å². The lowest BCUT2D eigenvalue weighted by molar-refractivity contribution is 0.152. The molecule has 2 N–H and O–H groups in total. The van der Waals surface area contributed by atoms with Gasteiger partial charge in [-0.3, -0.25) is 0 Å². The van der Waals surface area contributed by atoms with Gasteiger partial charge in [-0.15, -0.1) is 0 Å². The first-order chi connectivity index (χ1) is 6.65. The van der Waals surface area contributed by atoms with Crippen LogP contribution in [0.1, 0.15) is 30.1 Å². The van der Waals surface area contributed by atoms with Gasteiger partial charge < -0.3 is 10.2 Å². The maximum absolute atomic E-state index is 9.70. The molecule has 0 aliphatic rings. The summed E-state index contributed by atoms with van der Waals surface area (Å²) in [4.78, 5) is 0. The first kappa shape index (κ1) is 11.5. The van der Waals surface area contributed by atoms with E-state index in [-0.39, 0.29) is 6.61 Å². The maximum Gasteiger partial charge on any atom is 0.0791 e. The Labute approximate surface area is 89.1 Å². The molecule has 1 aromatic carbocycles. The van der Waals surface area contributed by atoms with Gasteiger partial charge in [-0.1, -0.05) is 23.7 Å². The summed E-state index contributed by atoms with van der Waals surface area (Å²) in [6.45, 7) is 2.03. The average Bonchev–Trinajstić information content (AvgIpc) is 2.18. The van der Waals surface area contributed by atoms with E-state index in [4.69, 9.17) is 16.7 Å². The second-order valence-electron chi connectivity index (χ2n) is 3.39. The van der Waals surface area contributed by atoms with Gasteiger partial charge in [-0.05, 0) is 37.0 Å². The zero-order chi connectivity index (χ0) is 10.6. The van der Waals surface area contributed by atoms with E-state index >= 15 is 0 Å². The van der Waals surface area contributed by atoms with Crippen LogP contribution in [0.5, 0.6) is 0 Å². The molecule has 78 valence electrons. The highest BCUT2D eigenvalue weighted by Gasteiger charge is 2.07. The lowest BCUT2D eigenvalue weighted by atomic mass is 10.0. The third kappa shape index (κ3) is 2.98. The lowest BCUT2D eigenvalue weighted by Crippen LogP contribution is -1.99. The molecule has 0 bridgehead atoms. The molecule has 2 nitrogen and oxygen atoms in total. The second kappa shape index (κ2) is 5.35. The van der Waals surface area contributed by atoms with Gasteiger partial charge in [-0.2, -0.15) is 0 Å². The summed E-state index contributed by atoms with van der Waals surface area (Å²) < 4.78 is 0. The van der Waals surface area contributed by atoms with E-state index in [0.717, 1.165) is 11.1 Å². The summed E-state index contributed by atoms with van der Waals surface area (Å²) in [5, 5.41) is 19.0. The molecule has 3 heteroatoms. The quantitative estimate of drug-likeness (QED) is 0.809. The molecule has 0 spiro atoms. The van der Waals surface area contributed by atoms with E-state index in [9.17, 15) is 5.11 Å². The fourth-order valence-electron chi connectivity index (χ4n) is 1.27. The van der Waals surface area contributed by atoms with E-state index in [1.165, 1.54) is 0 Å². The van der Waals surface area contributed by atoms with Crippen molar-refractivity contribution < 1.29 is 10.2 Å². The summed E-state index contributed by atoms with van der Waals surface area (Å²) in [6, 6.07) is 5.53. The largest absolute Gasteiger partial charge is 0.396 e. The monoisotopic (exact) mass is 214 g/mol. The normalized spacial score (nSPS) is 12.9. The van der Waals surface area contributed by atoms with Crippen molar-refractivity contribution in [3.05, 3.63) is 34.3 Å². The molecule has 1 atom stereocenters. The SMILES string of the molecule is Cc1ccc(C(O)CCCO)cc1Cl. The van der Waals surface area contributed by atoms with Crippen molar-refractivity contribution in [2.45, 2.75) is 25.9 Å². The Hall–Kier alpha value is -0.570. The highest BCUT2D eigenvalue weighted by Crippen LogP contribution is 2.23. The molecular formula is C11H15ClO2. The Morgan fingerprint density at radius 3 is 2.71 bits per heavy atom. The molecule has 0 aromatic heterocycles. The van der Waals surface area contributed by atoms with Crippen molar-refractivity contribution in [1.82, 2.24) is 0 Å². The smallest absolute Gasteiger partial charge is 0.0791 e. The summed E-state index contributed by atoms with van der Waals surface area (Å²) in [7, 11) is 0. The van der Waals surface area contributed by atoms with Crippen LogP contribution in [-0.2, 0) is 0 Å². The first-order valence-corrected chi connectivity index (χ1v) is 5.08. The molecule has 0 heterocycles. The minimum atomic E-state index is -0.528. The van der Waals surface area contributed by atoms with Crippen LogP contribution in [0.2, 0.25) is 5.02 Å². The van der Waals surface area contributed by atoms with Gasteiger partial charge >= 0.3 is 0 Å². The zero-order valence-corrected chi connectivity index (χ0v) is 8.96. The molecule has 1 unspecified atom stereocenters. The number of aryl methyl sites for hydroxylation is 1. The Morgan fingerprint density at radius 2 is 2.14 bits per heavy atom. The second-order valence-corrected chi connectivity index (χ2v) is 3.80. The molecule has 0 saturated carbocycles. The molecule has 0 fully saturated rings. The number of benzene rings is 1. The molecular weight excluding hydrogens is 200 g/mol. The van der Waals surface area contributed by atoms with Crippen LogP contribution >= 0.6 is 11.6 Å². The molecule has 1 rings (SSSR count). The third-order valence-electron chi connectivity index (χ3n) is 2.22. The average molecular weight is 215 g/mol. The van der Waals surface area contributed by atoms with Crippen molar-refractivity contribution in [2.75, 3.05) is 6.61 Å². The summed E-state index contributed by atoms with van der Waals surface area (Å²) in [5.41, 5.74) is 1.82. The minimum absolute atomic E-state index is 0.108. The molecule has 1 aromatic rings. The van der Waals surface area contributed by atoms with Crippen molar-refractivity contribution in [2.24, 2.45) is 0 Å². The Bertz CT molecular complexity index is 299. The topological polar surface area (TPSA) is 40.5 Å². The molecule has 0 aliphatic carbocycles. The lowest BCUT2D eigenvalue weighted by Gasteiger charge is -2.11. The van der Waals surface area contributed by atoms with Crippen LogP contribution in [0.25, 0.3) is 0 Å². The zero-order valence-electron chi connectivity index (χ0n) is 8.20. The highest BCUT2D eigenvalue weighted by molar-refractivity contribution is 6.31. The Morgan fingerprint density at radius 1 is 1.43 bits per heavy atom. The fourth-order valence-corrected chi connectivity index (χ4v) is 1.46. The van der Waals surface area contributed by atoms with Crippen molar-refractivity contribution in [3.63, 3.8) is 0 Å². The van der Waals surface area contributed by atoms with Gasteiger partial charge in [0.25, 0.3) is 0 Å². The number of aliphatic hydroxyl groups excluding tert-OH is 2. The molecule has 14 heavy (non-hydrogen) atoms. The van der Waals surface area contributed by atoms with Crippen LogP contribution in [0.4, 0.5) is 0 Å². The maximum atomic E-state index is 9.70. The van der Waals surface area contributed by atoms with Crippen LogP contribution in [0.15, 0.2) is 18.2 Å². The number of halogens is 1. The van der Waals surface area contributed by atoms with E-state index in [0.29, 0.717) is 17.9 Å². The Kier molecular flexibility index (Phi) is 4.39. The minimum Gasteiger partial charge on any atom is -0.396 e.